The van der Waals surface area contributed by atoms with Crippen LogP contribution < -0.4 is 0 Å². The molecule has 0 spiro atoms. The van der Waals surface area contributed by atoms with Crippen molar-refractivity contribution in [3.8, 4) is 0 Å². The molecule has 0 saturated heterocycles. The Labute approximate surface area is 96.8 Å². The van der Waals surface area contributed by atoms with Gasteiger partial charge in [0, 0.05) is 0 Å². The molecule has 1 nitrogen and oxygen atoms in total. The Bertz CT molecular complexity index is 405. The van der Waals surface area contributed by atoms with Gasteiger partial charge in [-0.2, -0.15) is 0 Å². The number of allylic oxidation sites excluding steroid dienone is 2. The van der Waals surface area contributed by atoms with Gasteiger partial charge in [0.15, 0.2) is 0 Å². The van der Waals surface area contributed by atoms with Gasteiger partial charge in [-0.25, -0.2) is 0 Å². The zero-order chi connectivity index (χ0) is 11.2. The number of hydrogen-bond acceptors (Lipinski definition) is 1. The maximum absolute atomic E-state index is 10.8. The van der Waals surface area contributed by atoms with Crippen molar-refractivity contribution in [1.82, 2.24) is 0 Å². The minimum absolute atomic E-state index is 0.393. The topological polar surface area (TPSA) is 20.2 Å². The first-order valence-corrected chi connectivity index (χ1v) is 6.14. The van der Waals surface area contributed by atoms with Crippen molar-refractivity contribution in [2.24, 2.45) is 17.8 Å². The van der Waals surface area contributed by atoms with Gasteiger partial charge in [-0.05, 0) is 43.1 Å². The fourth-order valence-electron chi connectivity index (χ4n) is 3.42. The largest absolute Gasteiger partial charge is 0.385 e. The highest BCUT2D eigenvalue weighted by molar-refractivity contribution is 5.25. The Morgan fingerprint density at radius 3 is 2.44 bits per heavy atom. The van der Waals surface area contributed by atoms with Gasteiger partial charge in [0.25, 0.3) is 0 Å². The first-order chi connectivity index (χ1) is 7.68. The maximum atomic E-state index is 10.8. The quantitative estimate of drug-likeness (QED) is 0.750. The number of benzene rings is 1. The van der Waals surface area contributed by atoms with Crippen LogP contribution in [0, 0.1) is 17.8 Å². The van der Waals surface area contributed by atoms with Crippen molar-refractivity contribution < 1.29 is 5.11 Å². The van der Waals surface area contributed by atoms with Gasteiger partial charge < -0.3 is 5.11 Å². The van der Waals surface area contributed by atoms with E-state index in [9.17, 15) is 5.11 Å². The number of fused-ring (bicyclic) bond motifs is 2. The summed E-state index contributed by atoms with van der Waals surface area (Å²) in [5, 5.41) is 10.8. The highest BCUT2D eigenvalue weighted by atomic mass is 16.3. The molecule has 0 unspecified atom stereocenters. The van der Waals surface area contributed by atoms with Crippen LogP contribution in [0.3, 0.4) is 0 Å². The number of hydrogen-bond donors (Lipinski definition) is 1. The van der Waals surface area contributed by atoms with E-state index in [1.807, 2.05) is 37.3 Å². The fraction of sp³-hybridized carbons (Fsp3) is 0.467. The first-order valence-electron chi connectivity index (χ1n) is 6.14. The number of aliphatic hydroxyl groups is 1. The third-order valence-corrected chi connectivity index (χ3v) is 4.36. The molecule has 0 radical (unpaired) electrons. The summed E-state index contributed by atoms with van der Waals surface area (Å²) in [6.45, 7) is 1.97. The highest BCUT2D eigenvalue weighted by Crippen LogP contribution is 2.50. The molecule has 1 aromatic rings. The third-order valence-electron chi connectivity index (χ3n) is 4.36. The minimum Gasteiger partial charge on any atom is -0.385 e. The van der Waals surface area contributed by atoms with Crippen LogP contribution in [-0.4, -0.2) is 5.11 Å². The fourth-order valence-corrected chi connectivity index (χ4v) is 3.42. The average molecular weight is 214 g/mol. The first kappa shape index (κ1) is 10.1. The van der Waals surface area contributed by atoms with Gasteiger partial charge in [0.1, 0.15) is 0 Å². The van der Waals surface area contributed by atoms with E-state index in [1.165, 1.54) is 6.42 Å². The molecule has 3 rings (SSSR count). The lowest BCUT2D eigenvalue weighted by atomic mass is 9.76. The second-order valence-corrected chi connectivity index (χ2v) is 5.40. The zero-order valence-electron chi connectivity index (χ0n) is 9.63. The Balaban J connectivity index is 1.91. The lowest BCUT2D eigenvalue weighted by Gasteiger charge is -2.34. The van der Waals surface area contributed by atoms with Crippen LogP contribution in [0.4, 0.5) is 0 Å². The molecular weight excluding hydrogens is 196 g/mol. The monoisotopic (exact) mass is 214 g/mol. The molecule has 1 N–H and O–H groups in total. The Morgan fingerprint density at radius 1 is 1.12 bits per heavy atom. The Kier molecular flexibility index (Phi) is 2.18. The van der Waals surface area contributed by atoms with Crippen LogP contribution in [-0.2, 0) is 5.60 Å². The van der Waals surface area contributed by atoms with Crippen LogP contribution in [0.15, 0.2) is 42.5 Å². The van der Waals surface area contributed by atoms with Crippen LogP contribution in [0.5, 0.6) is 0 Å². The summed E-state index contributed by atoms with van der Waals surface area (Å²) in [6, 6.07) is 10.1. The molecular formula is C15H18O. The molecule has 4 atom stereocenters. The summed E-state index contributed by atoms with van der Waals surface area (Å²) in [4.78, 5) is 0. The number of rotatable bonds is 2. The molecule has 2 bridgehead atoms. The maximum Gasteiger partial charge on any atom is 0.0902 e. The molecule has 0 aromatic heterocycles. The molecule has 84 valence electrons. The lowest BCUT2D eigenvalue weighted by Crippen LogP contribution is -2.34. The Hall–Kier alpha value is -1.08. The smallest absolute Gasteiger partial charge is 0.0902 e. The SMILES string of the molecule is C[C@@](O)(c1ccccc1)[C@H]1C[C@H]2C=C[C@H]1C2. The minimum atomic E-state index is -0.675. The predicted molar refractivity (Wildman–Crippen MR) is 64.9 cm³/mol. The predicted octanol–water partition coefficient (Wildman–Crippen LogP) is 3.11. The second-order valence-electron chi connectivity index (χ2n) is 5.40. The van der Waals surface area contributed by atoms with E-state index >= 15 is 0 Å². The molecule has 0 heterocycles. The molecule has 16 heavy (non-hydrogen) atoms. The van der Waals surface area contributed by atoms with Gasteiger partial charge >= 0.3 is 0 Å². The molecule has 2 aliphatic carbocycles. The third kappa shape index (κ3) is 1.42. The van der Waals surface area contributed by atoms with Crippen molar-refractivity contribution in [1.29, 1.82) is 0 Å². The van der Waals surface area contributed by atoms with E-state index in [0.717, 1.165) is 12.0 Å². The van der Waals surface area contributed by atoms with E-state index < -0.39 is 5.60 Å². The van der Waals surface area contributed by atoms with E-state index in [1.54, 1.807) is 0 Å². The molecule has 0 aliphatic heterocycles. The molecule has 0 amide bonds. The zero-order valence-corrected chi connectivity index (χ0v) is 9.63. The summed E-state index contributed by atoms with van der Waals surface area (Å²) >= 11 is 0. The van der Waals surface area contributed by atoms with Gasteiger partial charge in [-0.3, -0.25) is 0 Å². The molecule has 1 saturated carbocycles. The summed E-state index contributed by atoms with van der Waals surface area (Å²) < 4.78 is 0. The van der Waals surface area contributed by atoms with Crippen molar-refractivity contribution >= 4 is 0 Å². The Morgan fingerprint density at radius 2 is 1.88 bits per heavy atom. The van der Waals surface area contributed by atoms with Gasteiger partial charge in [0.2, 0.25) is 0 Å². The van der Waals surface area contributed by atoms with Crippen LogP contribution in [0.25, 0.3) is 0 Å². The summed E-state index contributed by atoms with van der Waals surface area (Å²) in [7, 11) is 0. The van der Waals surface area contributed by atoms with Crippen molar-refractivity contribution in [2.45, 2.75) is 25.4 Å². The average Bonchev–Trinajstić information content (AvgIpc) is 2.92. The normalized spacial score (nSPS) is 35.2. The van der Waals surface area contributed by atoms with Gasteiger partial charge in [0.05, 0.1) is 5.60 Å². The second kappa shape index (κ2) is 3.46. The van der Waals surface area contributed by atoms with Crippen LogP contribution in [0.1, 0.15) is 25.3 Å². The molecule has 1 aromatic carbocycles. The molecule has 1 fully saturated rings. The summed E-state index contributed by atoms with van der Waals surface area (Å²) in [5.74, 6) is 1.69. The van der Waals surface area contributed by atoms with Crippen LogP contribution >= 0.6 is 0 Å². The van der Waals surface area contributed by atoms with Crippen molar-refractivity contribution in [2.75, 3.05) is 0 Å². The van der Waals surface area contributed by atoms with Crippen molar-refractivity contribution in [3.05, 3.63) is 48.0 Å². The van der Waals surface area contributed by atoms with E-state index in [0.29, 0.717) is 17.8 Å². The van der Waals surface area contributed by atoms with Gasteiger partial charge in [-0.15, -0.1) is 0 Å². The van der Waals surface area contributed by atoms with E-state index in [-0.39, 0.29) is 0 Å². The van der Waals surface area contributed by atoms with Crippen molar-refractivity contribution in [3.63, 3.8) is 0 Å². The molecule has 2 aliphatic rings. The highest BCUT2D eigenvalue weighted by Gasteiger charge is 2.45. The standard InChI is InChI=1S/C15H18O/c1-15(16,13-5-3-2-4-6-13)14-10-11-7-8-12(14)9-11/h2-8,11-12,14,16H,9-10H2,1H3/t11-,12-,14-,15+/m0/s1. The summed E-state index contributed by atoms with van der Waals surface area (Å²) in [5.41, 5.74) is 0.381. The van der Waals surface area contributed by atoms with E-state index in [2.05, 4.69) is 12.2 Å². The summed E-state index contributed by atoms with van der Waals surface area (Å²) in [6.07, 6.45) is 7.01. The van der Waals surface area contributed by atoms with E-state index in [4.69, 9.17) is 0 Å². The lowest BCUT2D eigenvalue weighted by molar-refractivity contribution is -0.0170. The van der Waals surface area contributed by atoms with Gasteiger partial charge in [-0.1, -0.05) is 42.5 Å². The van der Waals surface area contributed by atoms with Crippen LogP contribution in [0.2, 0.25) is 0 Å². The molecule has 1 heteroatoms.